The summed E-state index contributed by atoms with van der Waals surface area (Å²) in [6.45, 7) is 0. The van der Waals surface area contributed by atoms with Gasteiger partial charge in [0, 0.05) is 24.4 Å². The van der Waals surface area contributed by atoms with Gasteiger partial charge in [-0.2, -0.15) is 0 Å². The molecule has 2 aliphatic carbocycles. The Balaban J connectivity index is 1.44. The summed E-state index contributed by atoms with van der Waals surface area (Å²) >= 11 is 0. The molecule has 0 aromatic heterocycles. The molecule has 0 saturated heterocycles. The number of carbonyl (C=O) groups is 3. The minimum absolute atomic E-state index is 0.00753. The lowest BCUT2D eigenvalue weighted by atomic mass is 9.80. The molecule has 122 valence electrons. The molecule has 1 aromatic rings. The van der Waals surface area contributed by atoms with Crippen molar-refractivity contribution in [3.8, 4) is 0 Å². The Labute approximate surface area is 135 Å². The first kappa shape index (κ1) is 15.7. The summed E-state index contributed by atoms with van der Waals surface area (Å²) in [6, 6.07) is 5.79. The van der Waals surface area contributed by atoms with E-state index in [0.29, 0.717) is 18.4 Å². The second-order valence-electron chi connectivity index (χ2n) is 6.53. The normalized spacial score (nSPS) is 22.1. The number of benzene rings is 1. The highest BCUT2D eigenvalue weighted by Gasteiger charge is 2.35. The second-order valence-corrected chi connectivity index (χ2v) is 6.53. The van der Waals surface area contributed by atoms with Gasteiger partial charge in [0.1, 0.15) is 0 Å². The van der Waals surface area contributed by atoms with Gasteiger partial charge in [0.15, 0.2) is 5.78 Å². The van der Waals surface area contributed by atoms with Gasteiger partial charge >= 0.3 is 5.97 Å². The Morgan fingerprint density at radius 2 is 1.83 bits per heavy atom. The number of amides is 1. The van der Waals surface area contributed by atoms with Crippen LogP contribution in [0.5, 0.6) is 0 Å². The van der Waals surface area contributed by atoms with Crippen molar-refractivity contribution in [2.24, 2.45) is 5.92 Å². The van der Waals surface area contributed by atoms with Crippen LogP contribution in [0, 0.1) is 5.92 Å². The zero-order valence-corrected chi connectivity index (χ0v) is 13.0. The topological polar surface area (TPSA) is 83.5 Å². The van der Waals surface area contributed by atoms with Gasteiger partial charge in [0.2, 0.25) is 5.91 Å². The van der Waals surface area contributed by atoms with Gasteiger partial charge in [0.25, 0.3) is 0 Å². The molecule has 0 heterocycles. The summed E-state index contributed by atoms with van der Waals surface area (Å²) in [5, 5.41) is 11.6. The average Bonchev–Trinajstić information content (AvgIpc) is 2.95. The van der Waals surface area contributed by atoms with E-state index in [1.165, 1.54) is 11.1 Å². The van der Waals surface area contributed by atoms with Crippen molar-refractivity contribution in [2.75, 3.05) is 0 Å². The van der Waals surface area contributed by atoms with E-state index < -0.39 is 5.97 Å². The number of hydrogen-bond donors (Lipinski definition) is 2. The zero-order chi connectivity index (χ0) is 16.4. The summed E-state index contributed by atoms with van der Waals surface area (Å²) in [7, 11) is 0. The Morgan fingerprint density at radius 3 is 2.57 bits per heavy atom. The van der Waals surface area contributed by atoms with Crippen molar-refractivity contribution in [2.45, 2.75) is 51.0 Å². The van der Waals surface area contributed by atoms with E-state index in [-0.39, 0.29) is 36.5 Å². The summed E-state index contributed by atoms with van der Waals surface area (Å²) in [4.78, 5) is 34.7. The first-order valence-electron chi connectivity index (χ1n) is 8.20. The summed E-state index contributed by atoms with van der Waals surface area (Å²) < 4.78 is 0. The van der Waals surface area contributed by atoms with Crippen LogP contribution in [0.25, 0.3) is 0 Å². The monoisotopic (exact) mass is 315 g/mol. The summed E-state index contributed by atoms with van der Waals surface area (Å²) in [5.41, 5.74) is 3.28. The molecule has 1 amide bonds. The van der Waals surface area contributed by atoms with Crippen molar-refractivity contribution in [3.05, 3.63) is 34.9 Å². The molecule has 0 aliphatic heterocycles. The molecule has 0 unspecified atom stereocenters. The SMILES string of the molecule is O=C(CCC(=O)c1ccc2c(c1)CCC2)NC1CC(C(=O)O)C1. The lowest BCUT2D eigenvalue weighted by molar-refractivity contribution is -0.146. The number of carboxylic acids is 1. The van der Waals surface area contributed by atoms with Gasteiger partial charge in [-0.15, -0.1) is 0 Å². The smallest absolute Gasteiger partial charge is 0.306 e. The largest absolute Gasteiger partial charge is 0.481 e. The fourth-order valence-corrected chi connectivity index (χ4v) is 3.35. The molecule has 2 N–H and O–H groups in total. The van der Waals surface area contributed by atoms with Gasteiger partial charge in [-0.25, -0.2) is 0 Å². The van der Waals surface area contributed by atoms with Crippen LogP contribution in [0.2, 0.25) is 0 Å². The highest BCUT2D eigenvalue weighted by molar-refractivity contribution is 5.98. The van der Waals surface area contributed by atoms with Crippen molar-refractivity contribution in [3.63, 3.8) is 0 Å². The molecule has 2 aliphatic rings. The van der Waals surface area contributed by atoms with E-state index >= 15 is 0 Å². The van der Waals surface area contributed by atoms with E-state index in [2.05, 4.69) is 5.32 Å². The molecule has 0 spiro atoms. The van der Waals surface area contributed by atoms with Crippen LogP contribution in [0.15, 0.2) is 18.2 Å². The third-order valence-corrected chi connectivity index (χ3v) is 4.85. The average molecular weight is 315 g/mol. The Hall–Kier alpha value is -2.17. The first-order valence-corrected chi connectivity index (χ1v) is 8.20. The van der Waals surface area contributed by atoms with Gasteiger partial charge in [-0.3, -0.25) is 14.4 Å². The van der Waals surface area contributed by atoms with Crippen molar-refractivity contribution in [1.29, 1.82) is 0 Å². The standard InChI is InChI=1S/C18H21NO4/c20-16(13-5-4-11-2-1-3-12(11)8-13)6-7-17(21)19-15-9-14(10-15)18(22)23/h4-5,8,14-15H,1-3,6-7,9-10H2,(H,19,21)(H,22,23). The Morgan fingerprint density at radius 1 is 1.09 bits per heavy atom. The van der Waals surface area contributed by atoms with Gasteiger partial charge in [0.05, 0.1) is 5.92 Å². The zero-order valence-electron chi connectivity index (χ0n) is 13.0. The van der Waals surface area contributed by atoms with E-state index in [1.54, 1.807) is 0 Å². The number of Topliss-reactive ketones (excluding diaryl/α,β-unsaturated/α-hetero) is 1. The molecular weight excluding hydrogens is 294 g/mol. The van der Waals surface area contributed by atoms with Crippen LogP contribution < -0.4 is 5.32 Å². The summed E-state index contributed by atoms with van der Waals surface area (Å²) in [5.74, 6) is -1.32. The lowest BCUT2D eigenvalue weighted by Crippen LogP contribution is -2.46. The highest BCUT2D eigenvalue weighted by Crippen LogP contribution is 2.27. The first-order chi connectivity index (χ1) is 11.0. The molecule has 1 fully saturated rings. The van der Waals surface area contributed by atoms with Crippen molar-refractivity contribution < 1.29 is 19.5 Å². The molecule has 5 heteroatoms. The van der Waals surface area contributed by atoms with Crippen LogP contribution >= 0.6 is 0 Å². The molecule has 5 nitrogen and oxygen atoms in total. The van der Waals surface area contributed by atoms with Crippen LogP contribution in [0.1, 0.15) is 53.6 Å². The molecule has 0 bridgehead atoms. The molecule has 3 rings (SSSR count). The van der Waals surface area contributed by atoms with Crippen molar-refractivity contribution >= 4 is 17.7 Å². The Bertz CT molecular complexity index is 646. The minimum Gasteiger partial charge on any atom is -0.481 e. The fraction of sp³-hybridized carbons (Fsp3) is 0.500. The number of ketones is 1. The maximum Gasteiger partial charge on any atom is 0.306 e. The lowest BCUT2D eigenvalue weighted by Gasteiger charge is -2.32. The second kappa shape index (κ2) is 6.52. The molecular formula is C18H21NO4. The van der Waals surface area contributed by atoms with Crippen LogP contribution in [0.4, 0.5) is 0 Å². The Kier molecular flexibility index (Phi) is 4.46. The fourth-order valence-electron chi connectivity index (χ4n) is 3.35. The van der Waals surface area contributed by atoms with Crippen molar-refractivity contribution in [1.82, 2.24) is 5.32 Å². The predicted octanol–water partition coefficient (Wildman–Crippen LogP) is 2.12. The third kappa shape index (κ3) is 3.60. The number of rotatable bonds is 6. The third-order valence-electron chi connectivity index (χ3n) is 4.85. The number of fused-ring (bicyclic) bond motifs is 1. The highest BCUT2D eigenvalue weighted by atomic mass is 16.4. The molecule has 1 aromatic carbocycles. The predicted molar refractivity (Wildman–Crippen MR) is 84.3 cm³/mol. The van der Waals surface area contributed by atoms with E-state index in [9.17, 15) is 14.4 Å². The van der Waals surface area contributed by atoms with Gasteiger partial charge in [-0.1, -0.05) is 12.1 Å². The molecule has 1 saturated carbocycles. The molecule has 0 radical (unpaired) electrons. The quantitative estimate of drug-likeness (QED) is 0.788. The number of aliphatic carboxylic acids is 1. The number of carboxylic acid groups (broad SMARTS) is 1. The van der Waals surface area contributed by atoms with Crippen LogP contribution in [-0.2, 0) is 22.4 Å². The maximum absolute atomic E-state index is 12.2. The molecule has 23 heavy (non-hydrogen) atoms. The summed E-state index contributed by atoms with van der Waals surface area (Å²) in [6.07, 6.45) is 4.59. The van der Waals surface area contributed by atoms with Gasteiger partial charge in [-0.05, 0) is 49.3 Å². The molecule has 0 atom stereocenters. The minimum atomic E-state index is -0.803. The number of nitrogens with one attached hydrogen (secondary N) is 1. The van der Waals surface area contributed by atoms with Gasteiger partial charge < -0.3 is 10.4 Å². The van der Waals surface area contributed by atoms with E-state index in [1.807, 2.05) is 18.2 Å². The number of carbonyl (C=O) groups excluding carboxylic acids is 2. The number of aryl methyl sites for hydroxylation is 2. The van der Waals surface area contributed by atoms with E-state index in [0.717, 1.165) is 19.3 Å². The van der Waals surface area contributed by atoms with E-state index in [4.69, 9.17) is 5.11 Å². The number of hydrogen-bond acceptors (Lipinski definition) is 3. The van der Waals surface area contributed by atoms with Crippen LogP contribution in [0.3, 0.4) is 0 Å². The maximum atomic E-state index is 12.2. The van der Waals surface area contributed by atoms with Crippen LogP contribution in [-0.4, -0.2) is 28.8 Å².